The lowest BCUT2D eigenvalue weighted by atomic mass is 10.4. The highest BCUT2D eigenvalue weighted by molar-refractivity contribution is 5.24. The predicted octanol–water partition coefficient (Wildman–Crippen LogP) is -0.0924. The van der Waals surface area contributed by atoms with E-state index < -0.39 is 6.10 Å². The number of nitrogens with zero attached hydrogens (tertiary/aromatic N) is 3. The zero-order valence-electron chi connectivity index (χ0n) is 9.19. The second-order valence-corrected chi connectivity index (χ2v) is 3.30. The minimum atomic E-state index is -0.569. The Balaban J connectivity index is 2.47. The van der Waals surface area contributed by atoms with Crippen LogP contribution < -0.4 is 5.32 Å². The van der Waals surface area contributed by atoms with Crippen LogP contribution in [0.2, 0.25) is 0 Å². The second-order valence-electron chi connectivity index (χ2n) is 3.30. The summed E-state index contributed by atoms with van der Waals surface area (Å²) in [6.07, 6.45) is -0.569. The van der Waals surface area contributed by atoms with Crippen LogP contribution in [-0.4, -0.2) is 46.7 Å². The van der Waals surface area contributed by atoms with E-state index in [-0.39, 0.29) is 6.61 Å². The Labute approximate surface area is 88.7 Å². The first kappa shape index (κ1) is 11.8. The molecule has 1 unspecified atom stereocenters. The first-order valence-corrected chi connectivity index (χ1v) is 4.72. The minimum Gasteiger partial charge on any atom is -0.389 e. The summed E-state index contributed by atoms with van der Waals surface area (Å²) < 4.78 is 4.79. The highest BCUT2D eigenvalue weighted by Gasteiger charge is 2.05. The van der Waals surface area contributed by atoms with Gasteiger partial charge in [-0.05, 0) is 13.8 Å². The molecule has 0 aromatic carbocycles. The number of aliphatic hydroxyl groups excluding tert-OH is 1. The molecule has 84 valence electrons. The van der Waals surface area contributed by atoms with Crippen LogP contribution >= 0.6 is 0 Å². The van der Waals surface area contributed by atoms with E-state index in [2.05, 4.69) is 20.5 Å². The van der Waals surface area contributed by atoms with E-state index in [1.165, 1.54) is 7.11 Å². The second kappa shape index (κ2) is 5.57. The molecule has 0 fully saturated rings. The van der Waals surface area contributed by atoms with Gasteiger partial charge in [-0.2, -0.15) is 5.10 Å². The Morgan fingerprint density at radius 1 is 1.33 bits per heavy atom. The molecule has 0 saturated carbocycles. The molecule has 0 saturated heterocycles. The van der Waals surface area contributed by atoms with E-state index in [0.717, 1.165) is 11.4 Å². The number of nitrogens with one attached hydrogen (secondary N) is 1. The third-order valence-corrected chi connectivity index (χ3v) is 1.95. The average Bonchev–Trinajstić information content (AvgIpc) is 2.20. The smallest absolute Gasteiger partial charge is 0.243 e. The first-order valence-electron chi connectivity index (χ1n) is 4.72. The Bertz CT molecular complexity index is 319. The van der Waals surface area contributed by atoms with E-state index >= 15 is 0 Å². The maximum atomic E-state index is 9.37. The molecular formula is C9H16N4O2. The summed E-state index contributed by atoms with van der Waals surface area (Å²) in [4.78, 5) is 4.17. The van der Waals surface area contributed by atoms with E-state index in [1.807, 2.05) is 13.8 Å². The van der Waals surface area contributed by atoms with Crippen molar-refractivity contribution in [2.75, 3.05) is 25.6 Å². The summed E-state index contributed by atoms with van der Waals surface area (Å²) in [6.45, 7) is 4.34. The van der Waals surface area contributed by atoms with Crippen molar-refractivity contribution in [3.05, 3.63) is 11.4 Å². The topological polar surface area (TPSA) is 80.2 Å². The van der Waals surface area contributed by atoms with Crippen molar-refractivity contribution in [2.24, 2.45) is 0 Å². The van der Waals surface area contributed by atoms with Crippen LogP contribution in [0.4, 0.5) is 5.95 Å². The van der Waals surface area contributed by atoms with Gasteiger partial charge in [0.05, 0.1) is 24.1 Å². The van der Waals surface area contributed by atoms with Gasteiger partial charge in [0, 0.05) is 13.7 Å². The number of rotatable bonds is 5. The number of ether oxygens (including phenoxy) is 1. The molecule has 0 aliphatic carbocycles. The Morgan fingerprint density at radius 2 is 2.07 bits per heavy atom. The molecule has 0 bridgehead atoms. The van der Waals surface area contributed by atoms with Crippen molar-refractivity contribution < 1.29 is 9.84 Å². The van der Waals surface area contributed by atoms with Crippen molar-refractivity contribution in [1.82, 2.24) is 15.2 Å². The number of hydrogen-bond donors (Lipinski definition) is 2. The zero-order chi connectivity index (χ0) is 11.3. The number of aryl methyl sites for hydroxylation is 2. The molecule has 0 aliphatic heterocycles. The summed E-state index contributed by atoms with van der Waals surface area (Å²) >= 11 is 0. The van der Waals surface area contributed by atoms with Gasteiger partial charge >= 0.3 is 0 Å². The molecule has 1 rings (SSSR count). The van der Waals surface area contributed by atoms with Crippen LogP contribution in [0, 0.1) is 13.8 Å². The van der Waals surface area contributed by atoms with Gasteiger partial charge in [0.1, 0.15) is 0 Å². The Hall–Kier alpha value is -1.27. The summed E-state index contributed by atoms with van der Waals surface area (Å²) in [5.41, 5.74) is 1.63. The van der Waals surface area contributed by atoms with Gasteiger partial charge in [-0.15, -0.1) is 5.10 Å². The van der Waals surface area contributed by atoms with Gasteiger partial charge in [0.25, 0.3) is 0 Å². The van der Waals surface area contributed by atoms with E-state index in [9.17, 15) is 5.11 Å². The van der Waals surface area contributed by atoms with E-state index in [1.54, 1.807) is 0 Å². The predicted molar refractivity (Wildman–Crippen MR) is 55.7 cm³/mol. The molecule has 1 heterocycles. The zero-order valence-corrected chi connectivity index (χ0v) is 9.19. The average molecular weight is 212 g/mol. The minimum absolute atomic E-state index is 0.283. The largest absolute Gasteiger partial charge is 0.389 e. The molecule has 0 amide bonds. The molecule has 0 aliphatic rings. The van der Waals surface area contributed by atoms with Crippen LogP contribution in [0.25, 0.3) is 0 Å². The standard InChI is InChI=1S/C9H16N4O2/c1-6-7(2)12-13-9(11-6)10-4-8(14)5-15-3/h8,14H,4-5H2,1-3H3,(H,10,11,13). The van der Waals surface area contributed by atoms with Gasteiger partial charge in [0.15, 0.2) is 0 Å². The fourth-order valence-electron chi connectivity index (χ4n) is 0.992. The van der Waals surface area contributed by atoms with Crippen LogP contribution in [0.1, 0.15) is 11.4 Å². The van der Waals surface area contributed by atoms with Crippen LogP contribution in [-0.2, 0) is 4.74 Å². The fraction of sp³-hybridized carbons (Fsp3) is 0.667. The lowest BCUT2D eigenvalue weighted by Crippen LogP contribution is -2.25. The summed E-state index contributed by atoms with van der Waals surface area (Å²) in [5, 5.41) is 20.0. The maximum Gasteiger partial charge on any atom is 0.243 e. The highest BCUT2D eigenvalue weighted by atomic mass is 16.5. The number of hydrogen-bond acceptors (Lipinski definition) is 6. The highest BCUT2D eigenvalue weighted by Crippen LogP contribution is 2.01. The molecule has 2 N–H and O–H groups in total. The van der Waals surface area contributed by atoms with Crippen LogP contribution in [0.15, 0.2) is 0 Å². The van der Waals surface area contributed by atoms with Crippen molar-refractivity contribution in [3.8, 4) is 0 Å². The molecule has 6 heteroatoms. The molecule has 6 nitrogen and oxygen atoms in total. The summed E-state index contributed by atoms with van der Waals surface area (Å²) in [5.74, 6) is 0.424. The quantitative estimate of drug-likeness (QED) is 0.710. The van der Waals surface area contributed by atoms with E-state index in [0.29, 0.717) is 12.5 Å². The van der Waals surface area contributed by atoms with Crippen molar-refractivity contribution in [2.45, 2.75) is 20.0 Å². The van der Waals surface area contributed by atoms with Gasteiger partial charge in [-0.3, -0.25) is 0 Å². The van der Waals surface area contributed by atoms with Crippen LogP contribution in [0.3, 0.4) is 0 Å². The van der Waals surface area contributed by atoms with Gasteiger partial charge in [-0.1, -0.05) is 0 Å². The SMILES string of the molecule is COCC(O)CNc1nnc(C)c(C)n1. The number of anilines is 1. The molecule has 15 heavy (non-hydrogen) atoms. The molecule has 1 aromatic rings. The third-order valence-electron chi connectivity index (χ3n) is 1.95. The molecular weight excluding hydrogens is 196 g/mol. The van der Waals surface area contributed by atoms with Gasteiger partial charge in [-0.25, -0.2) is 4.98 Å². The maximum absolute atomic E-state index is 9.37. The molecule has 0 radical (unpaired) electrons. The van der Waals surface area contributed by atoms with Crippen molar-refractivity contribution in [3.63, 3.8) is 0 Å². The number of methoxy groups -OCH3 is 1. The summed E-state index contributed by atoms with van der Waals surface area (Å²) in [7, 11) is 1.54. The molecule has 0 spiro atoms. The molecule has 1 atom stereocenters. The third kappa shape index (κ3) is 3.77. The van der Waals surface area contributed by atoms with Crippen molar-refractivity contribution >= 4 is 5.95 Å². The Kier molecular flexibility index (Phi) is 4.38. The molecule has 1 aromatic heterocycles. The van der Waals surface area contributed by atoms with Crippen LogP contribution in [0.5, 0.6) is 0 Å². The van der Waals surface area contributed by atoms with Gasteiger partial charge in [0.2, 0.25) is 5.95 Å². The first-order chi connectivity index (χ1) is 7.13. The Morgan fingerprint density at radius 3 is 2.67 bits per heavy atom. The lowest BCUT2D eigenvalue weighted by molar-refractivity contribution is 0.0726. The number of aromatic nitrogens is 3. The van der Waals surface area contributed by atoms with E-state index in [4.69, 9.17) is 4.74 Å². The lowest BCUT2D eigenvalue weighted by Gasteiger charge is -2.10. The van der Waals surface area contributed by atoms with Gasteiger partial charge < -0.3 is 15.2 Å². The van der Waals surface area contributed by atoms with Crippen molar-refractivity contribution in [1.29, 1.82) is 0 Å². The number of aliphatic hydroxyl groups is 1. The monoisotopic (exact) mass is 212 g/mol. The fourth-order valence-corrected chi connectivity index (χ4v) is 0.992. The normalized spacial score (nSPS) is 12.5. The summed E-state index contributed by atoms with van der Waals surface area (Å²) in [6, 6.07) is 0.